The lowest BCUT2D eigenvalue weighted by atomic mass is 9.92. The average molecular weight is 316 g/mol. The third-order valence-corrected chi connectivity index (χ3v) is 4.63. The summed E-state index contributed by atoms with van der Waals surface area (Å²) in [7, 11) is 0. The third-order valence-electron chi connectivity index (χ3n) is 4.63. The van der Waals surface area contributed by atoms with Crippen LogP contribution in [0.2, 0.25) is 0 Å². The average Bonchev–Trinajstić information content (AvgIpc) is 2.52. The number of aryl methyl sites for hydroxylation is 1. The number of hydrogen-bond acceptors (Lipinski definition) is 2. The van der Waals surface area contributed by atoms with Gasteiger partial charge in [-0.25, -0.2) is 0 Å². The second kappa shape index (κ2) is 9.71. The van der Waals surface area contributed by atoms with Gasteiger partial charge in [0.1, 0.15) is 0 Å². The van der Waals surface area contributed by atoms with E-state index in [1.165, 1.54) is 25.1 Å². The molecule has 128 valence electrons. The van der Waals surface area contributed by atoms with Gasteiger partial charge in [-0.15, -0.1) is 0 Å². The van der Waals surface area contributed by atoms with Crippen molar-refractivity contribution in [3.8, 4) is 0 Å². The Morgan fingerprint density at radius 1 is 1.13 bits per heavy atom. The van der Waals surface area contributed by atoms with Crippen molar-refractivity contribution in [2.75, 3.05) is 26.2 Å². The lowest BCUT2D eigenvalue weighted by Crippen LogP contribution is -2.40. The lowest BCUT2D eigenvalue weighted by molar-refractivity contribution is -0.121. The molecule has 1 heterocycles. The first-order chi connectivity index (χ1) is 11.1. The van der Waals surface area contributed by atoms with Crippen LogP contribution in [0, 0.1) is 11.8 Å². The summed E-state index contributed by atoms with van der Waals surface area (Å²) in [5, 5.41) is 3.07. The number of carbonyl (C=O) groups excluding carboxylic acids is 1. The van der Waals surface area contributed by atoms with E-state index in [4.69, 9.17) is 0 Å². The van der Waals surface area contributed by atoms with Gasteiger partial charge in [0, 0.05) is 26.1 Å². The van der Waals surface area contributed by atoms with Gasteiger partial charge in [0.15, 0.2) is 0 Å². The van der Waals surface area contributed by atoms with E-state index < -0.39 is 0 Å². The van der Waals surface area contributed by atoms with E-state index in [0.717, 1.165) is 44.2 Å². The van der Waals surface area contributed by atoms with E-state index >= 15 is 0 Å². The minimum Gasteiger partial charge on any atom is -0.356 e. The van der Waals surface area contributed by atoms with Gasteiger partial charge in [0.2, 0.25) is 5.91 Å². The first-order valence-corrected chi connectivity index (χ1v) is 9.16. The molecule has 0 saturated carbocycles. The summed E-state index contributed by atoms with van der Waals surface area (Å²) < 4.78 is 0. The molecule has 1 N–H and O–H groups in total. The maximum absolute atomic E-state index is 11.9. The zero-order chi connectivity index (χ0) is 16.5. The fraction of sp³-hybridized carbons (Fsp3) is 0.650. The number of piperidine rings is 1. The van der Waals surface area contributed by atoms with Gasteiger partial charge in [-0.1, -0.05) is 44.2 Å². The minimum absolute atomic E-state index is 0.196. The van der Waals surface area contributed by atoms with Crippen LogP contribution in [0.25, 0.3) is 0 Å². The summed E-state index contributed by atoms with van der Waals surface area (Å²) in [6.45, 7) is 9.04. The van der Waals surface area contributed by atoms with E-state index in [1.54, 1.807) is 0 Å². The molecule has 0 aliphatic carbocycles. The molecule has 1 fully saturated rings. The predicted octanol–water partition coefficient (Wildman–Crippen LogP) is 3.49. The molecule has 0 radical (unpaired) electrons. The molecule has 1 saturated heterocycles. The SMILES string of the molecule is CC1CC(C)CN(CCCNC(=O)CCCc2ccccc2)C1. The molecular weight excluding hydrogens is 284 g/mol. The number of likely N-dealkylation sites (tertiary alicyclic amines) is 1. The summed E-state index contributed by atoms with van der Waals surface area (Å²) in [4.78, 5) is 14.4. The van der Waals surface area contributed by atoms with Crippen LogP contribution >= 0.6 is 0 Å². The maximum atomic E-state index is 11.9. The van der Waals surface area contributed by atoms with E-state index in [-0.39, 0.29) is 5.91 Å². The Bertz CT molecular complexity index is 450. The van der Waals surface area contributed by atoms with E-state index in [2.05, 4.69) is 48.3 Å². The Balaban J connectivity index is 1.51. The van der Waals surface area contributed by atoms with Crippen molar-refractivity contribution in [3.63, 3.8) is 0 Å². The summed E-state index contributed by atoms with van der Waals surface area (Å²) in [6, 6.07) is 10.4. The smallest absolute Gasteiger partial charge is 0.220 e. The standard InChI is InChI=1S/C20H32N2O/c1-17-14-18(2)16-22(15-17)13-7-12-21-20(23)11-6-10-19-8-4-3-5-9-19/h3-5,8-9,17-18H,6-7,10-16H2,1-2H3,(H,21,23). The van der Waals surface area contributed by atoms with Gasteiger partial charge in [0.25, 0.3) is 0 Å². The molecule has 23 heavy (non-hydrogen) atoms. The number of nitrogens with zero attached hydrogens (tertiary/aromatic N) is 1. The van der Waals surface area contributed by atoms with Gasteiger partial charge < -0.3 is 10.2 Å². The van der Waals surface area contributed by atoms with Crippen molar-refractivity contribution in [1.29, 1.82) is 0 Å². The molecule has 1 aliphatic rings. The number of amides is 1. The summed E-state index contributed by atoms with van der Waals surface area (Å²) in [5.41, 5.74) is 1.31. The fourth-order valence-corrected chi connectivity index (χ4v) is 3.69. The summed E-state index contributed by atoms with van der Waals surface area (Å²) >= 11 is 0. The van der Waals surface area contributed by atoms with Crippen LogP contribution in [0.5, 0.6) is 0 Å². The molecule has 2 rings (SSSR count). The van der Waals surface area contributed by atoms with Gasteiger partial charge in [-0.05, 0) is 49.6 Å². The third kappa shape index (κ3) is 7.17. The van der Waals surface area contributed by atoms with Crippen molar-refractivity contribution in [1.82, 2.24) is 10.2 Å². The zero-order valence-electron chi connectivity index (χ0n) is 14.8. The molecule has 2 unspecified atom stereocenters. The second-order valence-corrected chi connectivity index (χ2v) is 7.25. The Kier molecular flexibility index (Phi) is 7.60. The Labute approximate surface area is 141 Å². The largest absolute Gasteiger partial charge is 0.356 e. The molecule has 2 atom stereocenters. The Morgan fingerprint density at radius 3 is 2.52 bits per heavy atom. The Hall–Kier alpha value is -1.35. The molecule has 0 spiro atoms. The van der Waals surface area contributed by atoms with Gasteiger partial charge in [-0.3, -0.25) is 4.79 Å². The van der Waals surface area contributed by atoms with Crippen LogP contribution in [-0.4, -0.2) is 37.0 Å². The number of rotatable bonds is 8. The van der Waals surface area contributed by atoms with Crippen molar-refractivity contribution < 1.29 is 4.79 Å². The highest BCUT2D eigenvalue weighted by molar-refractivity contribution is 5.75. The number of carbonyl (C=O) groups is 1. The molecule has 1 aromatic carbocycles. The molecule has 0 bridgehead atoms. The Morgan fingerprint density at radius 2 is 1.83 bits per heavy atom. The topological polar surface area (TPSA) is 32.3 Å². The summed E-state index contributed by atoms with van der Waals surface area (Å²) in [5.74, 6) is 1.82. The second-order valence-electron chi connectivity index (χ2n) is 7.25. The van der Waals surface area contributed by atoms with Gasteiger partial charge >= 0.3 is 0 Å². The van der Waals surface area contributed by atoms with Crippen molar-refractivity contribution in [2.45, 2.75) is 46.0 Å². The van der Waals surface area contributed by atoms with Crippen LogP contribution in [0.15, 0.2) is 30.3 Å². The van der Waals surface area contributed by atoms with Crippen molar-refractivity contribution in [3.05, 3.63) is 35.9 Å². The number of benzene rings is 1. The number of nitrogens with one attached hydrogen (secondary N) is 1. The molecule has 3 nitrogen and oxygen atoms in total. The van der Waals surface area contributed by atoms with E-state index in [0.29, 0.717) is 6.42 Å². The molecular formula is C20H32N2O. The number of hydrogen-bond donors (Lipinski definition) is 1. The molecule has 3 heteroatoms. The normalized spacial score (nSPS) is 22.0. The monoisotopic (exact) mass is 316 g/mol. The predicted molar refractivity (Wildman–Crippen MR) is 96.4 cm³/mol. The zero-order valence-corrected chi connectivity index (χ0v) is 14.8. The van der Waals surface area contributed by atoms with Crippen LogP contribution in [0.4, 0.5) is 0 Å². The lowest BCUT2D eigenvalue weighted by Gasteiger charge is -2.34. The van der Waals surface area contributed by atoms with Gasteiger partial charge in [-0.2, -0.15) is 0 Å². The van der Waals surface area contributed by atoms with Crippen LogP contribution in [-0.2, 0) is 11.2 Å². The molecule has 1 amide bonds. The highest BCUT2D eigenvalue weighted by Crippen LogP contribution is 2.20. The first-order valence-electron chi connectivity index (χ1n) is 9.16. The quantitative estimate of drug-likeness (QED) is 0.745. The summed E-state index contributed by atoms with van der Waals surface area (Å²) in [6.07, 6.45) is 4.96. The highest BCUT2D eigenvalue weighted by Gasteiger charge is 2.20. The molecule has 1 aliphatic heterocycles. The van der Waals surface area contributed by atoms with Crippen LogP contribution in [0.3, 0.4) is 0 Å². The first kappa shape index (κ1) is 18.0. The maximum Gasteiger partial charge on any atom is 0.220 e. The minimum atomic E-state index is 0.196. The van der Waals surface area contributed by atoms with Crippen molar-refractivity contribution in [2.24, 2.45) is 11.8 Å². The van der Waals surface area contributed by atoms with Gasteiger partial charge in [0.05, 0.1) is 0 Å². The van der Waals surface area contributed by atoms with E-state index in [1.807, 2.05) is 6.07 Å². The molecule has 0 aromatic heterocycles. The molecule has 1 aromatic rings. The van der Waals surface area contributed by atoms with Crippen LogP contribution < -0.4 is 5.32 Å². The highest BCUT2D eigenvalue weighted by atomic mass is 16.1. The van der Waals surface area contributed by atoms with E-state index in [9.17, 15) is 4.79 Å². The van der Waals surface area contributed by atoms with Crippen molar-refractivity contribution >= 4 is 5.91 Å². The van der Waals surface area contributed by atoms with Crippen LogP contribution in [0.1, 0.15) is 45.1 Å². The fourth-order valence-electron chi connectivity index (χ4n) is 3.69.